The zero-order valence-electron chi connectivity index (χ0n) is 11.6. The number of methoxy groups -OCH3 is 1. The van der Waals surface area contributed by atoms with Crippen molar-refractivity contribution in [3.63, 3.8) is 0 Å². The van der Waals surface area contributed by atoms with Crippen molar-refractivity contribution in [1.29, 1.82) is 0 Å². The summed E-state index contributed by atoms with van der Waals surface area (Å²) in [5.74, 6) is -0.153. The highest BCUT2D eigenvalue weighted by Gasteiger charge is 2.10. The molecule has 0 saturated heterocycles. The van der Waals surface area contributed by atoms with Gasteiger partial charge in [0, 0.05) is 0 Å². The fourth-order valence-corrected chi connectivity index (χ4v) is 1.86. The van der Waals surface area contributed by atoms with Gasteiger partial charge >= 0.3 is 0 Å². The lowest BCUT2D eigenvalue weighted by Crippen LogP contribution is -2.06. The average molecular weight is 269 g/mol. The molecule has 0 saturated carbocycles. The van der Waals surface area contributed by atoms with Gasteiger partial charge in [0.2, 0.25) is 5.90 Å². The summed E-state index contributed by atoms with van der Waals surface area (Å²) in [6.07, 6.45) is 0. The summed E-state index contributed by atoms with van der Waals surface area (Å²) in [5, 5.41) is 0. The zero-order chi connectivity index (χ0) is 14.5. The smallest absolute Gasteiger partial charge is 0.224 e. The molecular formula is C17H16FNO. The number of aryl methyl sites for hydroxylation is 1. The van der Waals surface area contributed by atoms with E-state index < -0.39 is 0 Å². The molecule has 0 unspecified atom stereocenters. The maximum absolute atomic E-state index is 13.8. The van der Waals surface area contributed by atoms with Crippen molar-refractivity contribution in [2.24, 2.45) is 4.99 Å². The van der Waals surface area contributed by atoms with Crippen LogP contribution in [0.15, 0.2) is 60.1 Å². The molecule has 0 aliphatic carbocycles. The Morgan fingerprint density at radius 2 is 1.90 bits per heavy atom. The molecule has 0 aromatic heterocycles. The van der Waals surface area contributed by atoms with Crippen molar-refractivity contribution in [3.8, 4) is 0 Å². The monoisotopic (exact) mass is 269 g/mol. The van der Waals surface area contributed by atoms with Crippen molar-refractivity contribution in [2.45, 2.75) is 6.92 Å². The summed E-state index contributed by atoms with van der Waals surface area (Å²) < 4.78 is 18.9. The molecule has 2 aromatic carbocycles. The van der Waals surface area contributed by atoms with E-state index in [1.54, 1.807) is 18.2 Å². The number of hydrogen-bond donors (Lipinski definition) is 0. The van der Waals surface area contributed by atoms with Crippen LogP contribution in [0, 0.1) is 12.7 Å². The quantitative estimate of drug-likeness (QED) is 0.604. The second-order valence-corrected chi connectivity index (χ2v) is 4.42. The molecule has 0 aliphatic heterocycles. The molecule has 102 valence electrons. The summed E-state index contributed by atoms with van der Waals surface area (Å²) in [6.45, 7) is 5.91. The van der Waals surface area contributed by atoms with Gasteiger partial charge in [-0.1, -0.05) is 42.5 Å². The standard InChI is InChI=1S/C17H16FNO/c1-12-7-6-8-14(11-12)13(2)19-17(20-3)15-9-4-5-10-16(15)18/h4-11H,2H2,1,3H3. The highest BCUT2D eigenvalue weighted by molar-refractivity contribution is 5.97. The minimum Gasteiger partial charge on any atom is -0.480 e. The zero-order valence-corrected chi connectivity index (χ0v) is 11.6. The third kappa shape index (κ3) is 3.12. The molecule has 2 aromatic rings. The maximum Gasteiger partial charge on any atom is 0.224 e. The van der Waals surface area contributed by atoms with E-state index in [0.717, 1.165) is 11.1 Å². The first-order chi connectivity index (χ1) is 9.61. The van der Waals surface area contributed by atoms with E-state index in [1.807, 2.05) is 31.2 Å². The number of ether oxygens (including phenoxy) is 1. The molecule has 0 bridgehead atoms. The molecule has 0 atom stereocenters. The first-order valence-electron chi connectivity index (χ1n) is 6.25. The van der Waals surface area contributed by atoms with Crippen LogP contribution in [0.3, 0.4) is 0 Å². The second kappa shape index (κ2) is 6.15. The van der Waals surface area contributed by atoms with Crippen LogP contribution in [-0.2, 0) is 4.74 Å². The molecule has 0 amide bonds. The van der Waals surface area contributed by atoms with Crippen LogP contribution in [0.1, 0.15) is 16.7 Å². The Kier molecular flexibility index (Phi) is 4.31. The lowest BCUT2D eigenvalue weighted by atomic mass is 10.1. The fourth-order valence-electron chi connectivity index (χ4n) is 1.86. The molecule has 0 N–H and O–H groups in total. The summed E-state index contributed by atoms with van der Waals surface area (Å²) in [6, 6.07) is 14.2. The lowest BCUT2D eigenvalue weighted by Gasteiger charge is -2.08. The van der Waals surface area contributed by atoms with Crippen LogP contribution in [-0.4, -0.2) is 13.0 Å². The molecule has 0 heterocycles. The average Bonchev–Trinajstić information content (AvgIpc) is 2.45. The van der Waals surface area contributed by atoms with Crippen molar-refractivity contribution < 1.29 is 9.13 Å². The van der Waals surface area contributed by atoms with E-state index in [0.29, 0.717) is 11.3 Å². The molecular weight excluding hydrogens is 253 g/mol. The van der Waals surface area contributed by atoms with E-state index in [4.69, 9.17) is 4.74 Å². The van der Waals surface area contributed by atoms with E-state index >= 15 is 0 Å². The minimum absolute atomic E-state index is 0.217. The first-order valence-corrected chi connectivity index (χ1v) is 6.25. The highest BCUT2D eigenvalue weighted by atomic mass is 19.1. The van der Waals surface area contributed by atoms with Gasteiger partial charge in [0.25, 0.3) is 0 Å². The highest BCUT2D eigenvalue weighted by Crippen LogP contribution is 2.18. The Labute approximate surface area is 118 Å². The molecule has 0 radical (unpaired) electrons. The van der Waals surface area contributed by atoms with Gasteiger partial charge in [-0.25, -0.2) is 9.38 Å². The Hall–Kier alpha value is -2.42. The maximum atomic E-state index is 13.8. The van der Waals surface area contributed by atoms with Crippen LogP contribution in [0.5, 0.6) is 0 Å². The Balaban J connectivity index is 2.37. The van der Waals surface area contributed by atoms with Gasteiger partial charge in [0.05, 0.1) is 18.4 Å². The Morgan fingerprint density at radius 3 is 2.55 bits per heavy atom. The molecule has 3 heteroatoms. The summed E-state index contributed by atoms with van der Waals surface area (Å²) in [7, 11) is 1.47. The third-order valence-corrected chi connectivity index (χ3v) is 2.89. The number of benzene rings is 2. The number of rotatable bonds is 3. The number of nitrogens with zero attached hydrogens (tertiary/aromatic N) is 1. The number of aliphatic imine (C=N–C) groups is 1. The summed E-state index contributed by atoms with van der Waals surface area (Å²) >= 11 is 0. The van der Waals surface area contributed by atoms with Crippen molar-refractivity contribution in [2.75, 3.05) is 7.11 Å². The Bertz CT molecular complexity index is 662. The normalized spacial score (nSPS) is 11.2. The fraction of sp³-hybridized carbons (Fsp3) is 0.118. The van der Waals surface area contributed by atoms with Gasteiger partial charge in [-0.05, 0) is 30.7 Å². The van der Waals surface area contributed by atoms with Gasteiger partial charge in [0.1, 0.15) is 5.82 Å². The first kappa shape index (κ1) is 14.0. The van der Waals surface area contributed by atoms with Crippen LogP contribution in [0.25, 0.3) is 5.70 Å². The van der Waals surface area contributed by atoms with E-state index in [-0.39, 0.29) is 11.7 Å². The van der Waals surface area contributed by atoms with Crippen LogP contribution in [0.4, 0.5) is 4.39 Å². The van der Waals surface area contributed by atoms with Gasteiger partial charge in [-0.2, -0.15) is 0 Å². The van der Waals surface area contributed by atoms with E-state index in [9.17, 15) is 4.39 Å². The predicted octanol–water partition coefficient (Wildman–Crippen LogP) is 4.20. The van der Waals surface area contributed by atoms with Gasteiger partial charge < -0.3 is 4.74 Å². The number of halogens is 1. The van der Waals surface area contributed by atoms with E-state index in [1.165, 1.54) is 13.2 Å². The SMILES string of the molecule is C=C(N=C(OC)c1ccccc1F)c1cccc(C)c1. The summed E-state index contributed by atoms with van der Waals surface area (Å²) in [5.41, 5.74) is 2.86. The van der Waals surface area contributed by atoms with E-state index in [2.05, 4.69) is 11.6 Å². The second-order valence-electron chi connectivity index (χ2n) is 4.42. The van der Waals surface area contributed by atoms with Gasteiger partial charge in [-0.3, -0.25) is 0 Å². The molecule has 0 fully saturated rings. The minimum atomic E-state index is -0.370. The van der Waals surface area contributed by atoms with Crippen LogP contribution in [0.2, 0.25) is 0 Å². The third-order valence-electron chi connectivity index (χ3n) is 2.89. The topological polar surface area (TPSA) is 21.6 Å². The van der Waals surface area contributed by atoms with Crippen molar-refractivity contribution in [1.82, 2.24) is 0 Å². The van der Waals surface area contributed by atoms with Crippen LogP contribution >= 0.6 is 0 Å². The molecule has 2 rings (SSSR count). The van der Waals surface area contributed by atoms with Crippen LogP contribution < -0.4 is 0 Å². The lowest BCUT2D eigenvalue weighted by molar-refractivity contribution is 0.402. The molecule has 0 aliphatic rings. The Morgan fingerprint density at radius 1 is 1.15 bits per heavy atom. The van der Waals surface area contributed by atoms with Gasteiger partial charge in [-0.15, -0.1) is 0 Å². The molecule has 20 heavy (non-hydrogen) atoms. The number of hydrogen-bond acceptors (Lipinski definition) is 2. The summed E-state index contributed by atoms with van der Waals surface area (Å²) in [4.78, 5) is 4.30. The van der Waals surface area contributed by atoms with Crippen molar-refractivity contribution >= 4 is 11.6 Å². The molecule has 0 spiro atoms. The van der Waals surface area contributed by atoms with Crippen molar-refractivity contribution in [3.05, 3.63) is 77.6 Å². The van der Waals surface area contributed by atoms with Gasteiger partial charge in [0.15, 0.2) is 0 Å². The largest absolute Gasteiger partial charge is 0.480 e. The molecule has 2 nitrogen and oxygen atoms in total. The predicted molar refractivity (Wildman–Crippen MR) is 80.2 cm³/mol.